The van der Waals surface area contributed by atoms with Crippen LogP contribution in [0.3, 0.4) is 0 Å². The molecule has 5 rings (SSSR count). The van der Waals surface area contributed by atoms with Crippen LogP contribution in [0.25, 0.3) is 11.4 Å². The van der Waals surface area contributed by atoms with Crippen LogP contribution in [-0.2, 0) is 17.7 Å². The van der Waals surface area contributed by atoms with Crippen molar-refractivity contribution in [3.05, 3.63) is 65.4 Å². The van der Waals surface area contributed by atoms with Crippen LogP contribution in [0, 0.1) is 0 Å². The Kier molecular flexibility index (Phi) is 8.30. The van der Waals surface area contributed by atoms with Crippen LogP contribution in [-0.4, -0.2) is 45.5 Å². The fourth-order valence-corrected chi connectivity index (χ4v) is 4.93. The number of ether oxygens (including phenoxy) is 3. The van der Waals surface area contributed by atoms with Crippen LogP contribution in [0.1, 0.15) is 48.8 Å². The molecule has 1 aliphatic heterocycles. The van der Waals surface area contributed by atoms with Crippen molar-refractivity contribution < 1.29 is 19.0 Å². The second-order valence-corrected chi connectivity index (χ2v) is 10.0. The van der Waals surface area contributed by atoms with Gasteiger partial charge in [0.05, 0.1) is 6.61 Å². The molecular weight excluding hydrogens is 502 g/mol. The molecule has 2 aromatic carbocycles. The van der Waals surface area contributed by atoms with E-state index in [4.69, 9.17) is 14.2 Å². The Morgan fingerprint density at radius 1 is 1.08 bits per heavy atom. The Hall–Kier alpha value is -3.76. The van der Waals surface area contributed by atoms with Crippen LogP contribution in [0.4, 0.5) is 5.13 Å². The van der Waals surface area contributed by atoms with Crippen molar-refractivity contribution in [3.8, 4) is 28.6 Å². The van der Waals surface area contributed by atoms with Crippen LogP contribution in [0.2, 0.25) is 0 Å². The summed E-state index contributed by atoms with van der Waals surface area (Å²) >= 11 is 1.35. The number of nitrogens with one attached hydrogen (secondary N) is 1. The van der Waals surface area contributed by atoms with E-state index in [0.717, 1.165) is 49.4 Å². The van der Waals surface area contributed by atoms with E-state index in [-0.39, 0.29) is 12.0 Å². The number of hydrogen-bond acceptors (Lipinski definition) is 8. The highest BCUT2D eigenvalue weighted by Crippen LogP contribution is 2.31. The topological polar surface area (TPSA) is 100 Å². The summed E-state index contributed by atoms with van der Waals surface area (Å²) in [6.45, 7) is 3.41. The maximum Gasteiger partial charge on any atom is 0.257 e. The number of hydrogen-bond donors (Lipinski definition) is 1. The number of aromatic nitrogens is 4. The summed E-state index contributed by atoms with van der Waals surface area (Å²) in [4.78, 5) is 17.1. The second-order valence-electron chi connectivity index (χ2n) is 9.12. The molecule has 0 saturated carbocycles. The Morgan fingerprint density at radius 3 is 2.68 bits per heavy atom. The molecule has 0 radical (unpaired) electrons. The number of fused-ring (bicyclic) bond motifs is 1. The lowest BCUT2D eigenvalue weighted by Crippen LogP contribution is -2.21. The van der Waals surface area contributed by atoms with Crippen molar-refractivity contribution in [3.63, 3.8) is 0 Å². The lowest BCUT2D eigenvalue weighted by molar-refractivity contribution is 0.0785. The third-order valence-electron chi connectivity index (χ3n) is 6.36. The number of benzene rings is 2. The van der Waals surface area contributed by atoms with Gasteiger partial charge in [-0.05, 0) is 55.7 Å². The largest absolute Gasteiger partial charge is 0.488 e. The number of thiazole rings is 1. The maximum atomic E-state index is 13.0. The SMILES string of the molecule is CCC(COC)Oc1cc(Oc2ccc(-c3nnc4n3CCCCC4)cc2)cc(C(=O)Nc2nccs2)c1. The predicted octanol–water partition coefficient (Wildman–Crippen LogP) is 5.98. The van der Waals surface area contributed by atoms with Crippen molar-refractivity contribution in [2.24, 2.45) is 0 Å². The minimum Gasteiger partial charge on any atom is -0.488 e. The molecular formula is C28H31N5O4S. The van der Waals surface area contributed by atoms with Gasteiger partial charge in [0.25, 0.3) is 5.91 Å². The zero-order valence-corrected chi connectivity index (χ0v) is 22.4. The summed E-state index contributed by atoms with van der Waals surface area (Å²) in [5, 5.41) is 14.0. The van der Waals surface area contributed by atoms with Gasteiger partial charge in [-0.2, -0.15) is 0 Å². The molecule has 0 fully saturated rings. The summed E-state index contributed by atoms with van der Waals surface area (Å²) < 4.78 is 19.8. The van der Waals surface area contributed by atoms with Crippen molar-refractivity contribution >= 4 is 22.4 Å². The smallest absolute Gasteiger partial charge is 0.257 e. The van der Waals surface area contributed by atoms with Gasteiger partial charge in [0.1, 0.15) is 29.2 Å². The van der Waals surface area contributed by atoms with Gasteiger partial charge >= 0.3 is 0 Å². The van der Waals surface area contributed by atoms with Crippen LogP contribution < -0.4 is 14.8 Å². The van der Waals surface area contributed by atoms with E-state index < -0.39 is 0 Å². The first kappa shape index (κ1) is 25.9. The summed E-state index contributed by atoms with van der Waals surface area (Å²) in [6.07, 6.45) is 6.73. The number of carbonyl (C=O) groups is 1. The molecule has 198 valence electrons. The molecule has 1 atom stereocenters. The van der Waals surface area contributed by atoms with E-state index in [9.17, 15) is 4.79 Å². The van der Waals surface area contributed by atoms with Crippen molar-refractivity contribution in [2.45, 2.75) is 51.7 Å². The van der Waals surface area contributed by atoms with E-state index in [1.807, 2.05) is 31.2 Å². The fraction of sp³-hybridized carbons (Fsp3) is 0.357. The van der Waals surface area contributed by atoms with E-state index >= 15 is 0 Å². The lowest BCUT2D eigenvalue weighted by Gasteiger charge is -2.18. The summed E-state index contributed by atoms with van der Waals surface area (Å²) in [6, 6.07) is 12.9. The molecule has 38 heavy (non-hydrogen) atoms. The Bertz CT molecular complexity index is 1350. The number of aryl methyl sites for hydroxylation is 1. The molecule has 1 unspecified atom stereocenters. The van der Waals surface area contributed by atoms with Gasteiger partial charge in [-0.25, -0.2) is 4.98 Å². The van der Waals surface area contributed by atoms with Gasteiger partial charge in [0, 0.05) is 48.8 Å². The van der Waals surface area contributed by atoms with Crippen LogP contribution >= 0.6 is 11.3 Å². The van der Waals surface area contributed by atoms with E-state index in [0.29, 0.717) is 34.6 Å². The average molecular weight is 534 g/mol. The average Bonchev–Trinajstić information content (AvgIpc) is 3.53. The number of anilines is 1. The standard InChI is InChI=1S/C28H31N5O4S/c1-3-21(18-35-2)36-23-15-20(27(34)30-28-29-12-14-38-28)16-24(17-23)37-22-10-8-19(9-11-22)26-32-31-25-7-5-4-6-13-33(25)26/h8-12,14-17,21H,3-7,13,18H2,1-2H3,(H,29,30,34). The molecule has 0 aliphatic carbocycles. The molecule has 10 heteroatoms. The summed E-state index contributed by atoms with van der Waals surface area (Å²) in [5.41, 5.74) is 1.40. The molecule has 2 aromatic heterocycles. The zero-order valence-electron chi connectivity index (χ0n) is 21.6. The highest BCUT2D eigenvalue weighted by atomic mass is 32.1. The first-order chi connectivity index (χ1) is 18.6. The quantitative estimate of drug-likeness (QED) is 0.268. The molecule has 0 bridgehead atoms. The van der Waals surface area contributed by atoms with Gasteiger partial charge < -0.3 is 18.8 Å². The van der Waals surface area contributed by atoms with Crippen LogP contribution in [0.5, 0.6) is 17.2 Å². The minimum absolute atomic E-state index is 0.150. The van der Waals surface area contributed by atoms with Gasteiger partial charge in [0.15, 0.2) is 11.0 Å². The highest BCUT2D eigenvalue weighted by Gasteiger charge is 2.17. The number of methoxy groups -OCH3 is 1. The molecule has 9 nitrogen and oxygen atoms in total. The Morgan fingerprint density at radius 2 is 1.92 bits per heavy atom. The van der Waals surface area contributed by atoms with Crippen LogP contribution in [0.15, 0.2) is 54.0 Å². The second kappa shape index (κ2) is 12.2. The molecule has 1 amide bonds. The molecule has 3 heterocycles. The number of nitrogens with zero attached hydrogens (tertiary/aromatic N) is 4. The highest BCUT2D eigenvalue weighted by molar-refractivity contribution is 7.13. The molecule has 0 saturated heterocycles. The Balaban J connectivity index is 1.38. The normalized spacial score (nSPS) is 13.8. The van der Waals surface area contributed by atoms with Gasteiger partial charge in [-0.15, -0.1) is 21.5 Å². The minimum atomic E-state index is -0.294. The van der Waals surface area contributed by atoms with Gasteiger partial charge in [-0.1, -0.05) is 13.3 Å². The molecule has 1 N–H and O–H groups in total. The number of amides is 1. The van der Waals surface area contributed by atoms with Gasteiger partial charge in [-0.3, -0.25) is 10.1 Å². The van der Waals surface area contributed by atoms with Crippen molar-refractivity contribution in [2.75, 3.05) is 19.0 Å². The predicted molar refractivity (Wildman–Crippen MR) is 146 cm³/mol. The summed E-state index contributed by atoms with van der Waals surface area (Å²) in [7, 11) is 1.64. The molecule has 1 aliphatic rings. The number of carbonyl (C=O) groups excluding carboxylic acids is 1. The zero-order chi connectivity index (χ0) is 26.3. The fourth-order valence-electron chi connectivity index (χ4n) is 4.40. The number of rotatable bonds is 10. The van der Waals surface area contributed by atoms with Gasteiger partial charge in [0.2, 0.25) is 0 Å². The Labute approximate surface area is 225 Å². The van der Waals surface area contributed by atoms with E-state index in [1.54, 1.807) is 36.9 Å². The van der Waals surface area contributed by atoms with E-state index in [2.05, 4.69) is 25.1 Å². The first-order valence-corrected chi connectivity index (χ1v) is 13.7. The molecule has 4 aromatic rings. The first-order valence-electron chi connectivity index (χ1n) is 12.8. The third-order valence-corrected chi connectivity index (χ3v) is 7.05. The maximum absolute atomic E-state index is 13.0. The van der Waals surface area contributed by atoms with Crippen molar-refractivity contribution in [1.29, 1.82) is 0 Å². The lowest BCUT2D eigenvalue weighted by atomic mass is 10.1. The molecule has 0 spiro atoms. The van der Waals surface area contributed by atoms with E-state index in [1.165, 1.54) is 17.8 Å². The third kappa shape index (κ3) is 6.20. The van der Waals surface area contributed by atoms with Crippen molar-refractivity contribution in [1.82, 2.24) is 19.7 Å². The monoisotopic (exact) mass is 533 g/mol. The summed E-state index contributed by atoms with van der Waals surface area (Å²) in [5.74, 6) is 3.29.